The average Bonchev–Trinajstić information content (AvgIpc) is 2.73. The zero-order chi connectivity index (χ0) is 20.1. The molecule has 4 saturated carbocycles. The molecule has 0 aromatic heterocycles. The van der Waals surface area contributed by atoms with Crippen molar-refractivity contribution in [1.29, 1.82) is 0 Å². The van der Waals surface area contributed by atoms with Gasteiger partial charge in [-0.2, -0.15) is 0 Å². The molecule has 0 radical (unpaired) electrons. The van der Waals surface area contributed by atoms with Crippen LogP contribution in [0.2, 0.25) is 0 Å². The van der Waals surface area contributed by atoms with Crippen LogP contribution in [-0.4, -0.2) is 20.1 Å². The molecule has 4 heteroatoms. The Morgan fingerprint density at radius 2 is 1.69 bits per heavy atom. The number of amides is 1. The van der Waals surface area contributed by atoms with Crippen molar-refractivity contribution in [1.82, 2.24) is 0 Å². The highest BCUT2D eigenvalue weighted by Crippen LogP contribution is 2.66. The molecule has 4 atom stereocenters. The minimum absolute atomic E-state index is 0.159. The molecule has 4 nitrogen and oxygen atoms in total. The Morgan fingerprint density at radius 3 is 2.34 bits per heavy atom. The fraction of sp³-hybridized carbons (Fsp3) is 0.480. The normalized spacial score (nSPS) is 32.1. The molecule has 0 spiro atoms. The third-order valence-electron chi connectivity index (χ3n) is 7.59. The van der Waals surface area contributed by atoms with Gasteiger partial charge < -0.3 is 14.8 Å². The maximum atomic E-state index is 13.7. The lowest BCUT2D eigenvalue weighted by Gasteiger charge is -2.61. The highest BCUT2D eigenvalue weighted by atomic mass is 16.5. The first kappa shape index (κ1) is 18.5. The van der Waals surface area contributed by atoms with Gasteiger partial charge in [0.15, 0.2) is 0 Å². The Hall–Kier alpha value is -2.49. The van der Waals surface area contributed by atoms with E-state index in [2.05, 4.69) is 35.6 Å². The number of nitrogens with one attached hydrogen (secondary N) is 1. The van der Waals surface area contributed by atoms with Gasteiger partial charge in [0.1, 0.15) is 11.5 Å². The van der Waals surface area contributed by atoms with Gasteiger partial charge >= 0.3 is 0 Å². The number of carbonyl (C=O) groups is 1. The lowest BCUT2D eigenvalue weighted by Crippen LogP contribution is -2.57. The Kier molecular flexibility index (Phi) is 4.34. The van der Waals surface area contributed by atoms with E-state index in [9.17, 15) is 4.79 Å². The third-order valence-corrected chi connectivity index (χ3v) is 7.59. The van der Waals surface area contributed by atoms with Crippen molar-refractivity contribution in [2.24, 2.45) is 17.3 Å². The van der Waals surface area contributed by atoms with Crippen molar-refractivity contribution in [3.05, 3.63) is 54.1 Å². The fourth-order valence-corrected chi connectivity index (χ4v) is 6.81. The lowest BCUT2D eigenvalue weighted by atomic mass is 9.42. The number of methoxy groups -OCH3 is 2. The van der Waals surface area contributed by atoms with Gasteiger partial charge in [-0.05, 0) is 73.5 Å². The Bertz CT molecular complexity index is 909. The Morgan fingerprint density at radius 1 is 0.966 bits per heavy atom. The smallest absolute Gasteiger partial charge is 0.230 e. The van der Waals surface area contributed by atoms with Crippen molar-refractivity contribution in [3.63, 3.8) is 0 Å². The number of rotatable bonds is 5. The number of anilines is 1. The van der Waals surface area contributed by atoms with Crippen LogP contribution in [0.3, 0.4) is 0 Å². The summed E-state index contributed by atoms with van der Waals surface area (Å²) in [5, 5.41) is 3.22. The maximum Gasteiger partial charge on any atom is 0.230 e. The van der Waals surface area contributed by atoms with Crippen LogP contribution in [0, 0.1) is 17.3 Å². The quantitative estimate of drug-likeness (QED) is 0.764. The predicted molar refractivity (Wildman–Crippen MR) is 113 cm³/mol. The van der Waals surface area contributed by atoms with Gasteiger partial charge in [-0.25, -0.2) is 0 Å². The summed E-state index contributed by atoms with van der Waals surface area (Å²) < 4.78 is 10.8. The van der Waals surface area contributed by atoms with Crippen LogP contribution in [0.4, 0.5) is 5.69 Å². The molecular formula is C25H29NO3. The van der Waals surface area contributed by atoms with E-state index in [1.807, 2.05) is 18.2 Å². The molecule has 0 aliphatic heterocycles. The van der Waals surface area contributed by atoms with Gasteiger partial charge in [-0.1, -0.05) is 30.3 Å². The van der Waals surface area contributed by atoms with Crippen LogP contribution < -0.4 is 14.8 Å². The van der Waals surface area contributed by atoms with Crippen LogP contribution >= 0.6 is 0 Å². The summed E-state index contributed by atoms with van der Waals surface area (Å²) in [6.07, 6.45) is 6.74. The molecule has 1 amide bonds. The van der Waals surface area contributed by atoms with E-state index < -0.39 is 0 Å². The van der Waals surface area contributed by atoms with E-state index in [0.29, 0.717) is 17.6 Å². The standard InChI is InChI=1S/C25H29NO3/c1-28-20-8-9-21(22(11-20)29-2)26-23(27)25-14-17-10-18(15-25)13-24(12-17,16-25)19-6-4-3-5-7-19/h3-9,11,17-18H,10,12-16H2,1-2H3,(H,26,27)/t17-,18+,24?,25?. The van der Waals surface area contributed by atoms with E-state index in [-0.39, 0.29) is 16.7 Å². The van der Waals surface area contributed by atoms with Gasteiger partial charge in [-0.3, -0.25) is 4.79 Å². The van der Waals surface area contributed by atoms with Crippen molar-refractivity contribution >= 4 is 11.6 Å². The van der Waals surface area contributed by atoms with Crippen molar-refractivity contribution in [3.8, 4) is 11.5 Å². The molecule has 2 unspecified atom stereocenters. The first-order chi connectivity index (χ1) is 14.1. The van der Waals surface area contributed by atoms with E-state index in [1.165, 1.54) is 24.8 Å². The molecule has 4 bridgehead atoms. The highest BCUT2D eigenvalue weighted by Gasteiger charge is 2.60. The second-order valence-electron chi connectivity index (χ2n) is 9.41. The summed E-state index contributed by atoms with van der Waals surface area (Å²) in [5.41, 5.74) is 2.04. The summed E-state index contributed by atoms with van der Waals surface area (Å²) in [7, 11) is 3.25. The van der Waals surface area contributed by atoms with Crippen molar-refractivity contribution in [2.75, 3.05) is 19.5 Å². The second kappa shape index (κ2) is 6.79. The minimum atomic E-state index is -0.273. The lowest BCUT2D eigenvalue weighted by molar-refractivity contribution is -0.143. The van der Waals surface area contributed by atoms with E-state index >= 15 is 0 Å². The van der Waals surface area contributed by atoms with Crippen LogP contribution in [0.1, 0.15) is 44.1 Å². The molecular weight excluding hydrogens is 362 g/mol. The van der Waals surface area contributed by atoms with Crippen LogP contribution in [0.25, 0.3) is 0 Å². The Labute approximate surface area is 172 Å². The maximum absolute atomic E-state index is 13.7. The summed E-state index contributed by atoms with van der Waals surface area (Å²) in [4.78, 5) is 13.7. The van der Waals surface area contributed by atoms with Crippen LogP contribution in [0.5, 0.6) is 11.5 Å². The van der Waals surface area contributed by atoms with E-state index in [1.54, 1.807) is 14.2 Å². The summed E-state index contributed by atoms with van der Waals surface area (Å²) in [5.74, 6) is 2.83. The Balaban J connectivity index is 1.46. The van der Waals surface area contributed by atoms with E-state index in [4.69, 9.17) is 9.47 Å². The first-order valence-corrected chi connectivity index (χ1v) is 10.6. The summed E-state index contributed by atoms with van der Waals surface area (Å²) in [6, 6.07) is 16.5. The molecule has 4 aliphatic carbocycles. The van der Waals surface area contributed by atoms with Gasteiger partial charge in [0.25, 0.3) is 0 Å². The van der Waals surface area contributed by atoms with Gasteiger partial charge in [-0.15, -0.1) is 0 Å². The number of carbonyl (C=O) groups excluding carboxylic acids is 1. The van der Waals surface area contributed by atoms with Gasteiger partial charge in [0.2, 0.25) is 5.91 Å². The third kappa shape index (κ3) is 3.00. The fourth-order valence-electron chi connectivity index (χ4n) is 6.81. The second-order valence-corrected chi connectivity index (χ2v) is 9.41. The number of ether oxygens (including phenoxy) is 2. The molecule has 4 fully saturated rings. The van der Waals surface area contributed by atoms with Crippen LogP contribution in [0.15, 0.2) is 48.5 Å². The molecule has 0 saturated heterocycles. The minimum Gasteiger partial charge on any atom is -0.497 e. The first-order valence-electron chi connectivity index (χ1n) is 10.6. The zero-order valence-electron chi connectivity index (χ0n) is 17.2. The predicted octanol–water partition coefficient (Wildman–Crippen LogP) is 5.18. The molecule has 152 valence electrons. The molecule has 2 aromatic rings. The average molecular weight is 392 g/mol. The van der Waals surface area contributed by atoms with Crippen molar-refractivity contribution in [2.45, 2.75) is 43.9 Å². The number of hydrogen-bond acceptors (Lipinski definition) is 3. The monoisotopic (exact) mass is 391 g/mol. The SMILES string of the molecule is COc1ccc(NC(=O)C23C[C@H]4C[C@@H](C2)CC(c2ccccc2)(C4)C3)c(OC)c1. The van der Waals surface area contributed by atoms with Crippen LogP contribution in [-0.2, 0) is 10.2 Å². The van der Waals surface area contributed by atoms with Gasteiger partial charge in [0.05, 0.1) is 25.3 Å². The molecule has 0 heterocycles. The van der Waals surface area contributed by atoms with Gasteiger partial charge in [0, 0.05) is 6.07 Å². The molecule has 2 aromatic carbocycles. The molecule has 6 rings (SSSR count). The topological polar surface area (TPSA) is 47.6 Å². The molecule has 4 aliphatic rings. The number of benzene rings is 2. The molecule has 1 N–H and O–H groups in total. The zero-order valence-corrected chi connectivity index (χ0v) is 17.2. The van der Waals surface area contributed by atoms with E-state index in [0.717, 1.165) is 30.7 Å². The summed E-state index contributed by atoms with van der Waals surface area (Å²) >= 11 is 0. The van der Waals surface area contributed by atoms with Crippen molar-refractivity contribution < 1.29 is 14.3 Å². The molecule has 29 heavy (non-hydrogen) atoms. The largest absolute Gasteiger partial charge is 0.497 e. The summed E-state index contributed by atoms with van der Waals surface area (Å²) in [6.45, 7) is 0. The highest BCUT2D eigenvalue weighted by molar-refractivity contribution is 5.97. The number of hydrogen-bond donors (Lipinski definition) is 1.